The predicted molar refractivity (Wildman–Crippen MR) is 81.4 cm³/mol. The number of anilines is 1. The Morgan fingerprint density at radius 3 is 2.86 bits per heavy atom. The van der Waals surface area contributed by atoms with Crippen LogP contribution < -0.4 is 5.32 Å². The number of hydrogen-bond acceptors (Lipinski definition) is 6. The van der Waals surface area contributed by atoms with Gasteiger partial charge in [-0.25, -0.2) is 4.79 Å². The van der Waals surface area contributed by atoms with E-state index in [1.54, 1.807) is 0 Å². The van der Waals surface area contributed by atoms with E-state index in [0.717, 1.165) is 42.5 Å². The third-order valence-corrected chi connectivity index (χ3v) is 4.91. The Morgan fingerprint density at radius 1 is 1.32 bits per heavy atom. The van der Waals surface area contributed by atoms with Crippen LogP contribution in [-0.4, -0.2) is 24.1 Å². The van der Waals surface area contributed by atoms with Gasteiger partial charge in [0, 0.05) is 10.9 Å². The van der Waals surface area contributed by atoms with E-state index in [2.05, 4.69) is 10.5 Å². The summed E-state index contributed by atoms with van der Waals surface area (Å²) in [6, 6.07) is 1.48. The van der Waals surface area contributed by atoms with Crippen molar-refractivity contribution in [2.24, 2.45) is 0 Å². The molecular weight excluding hydrogens is 304 g/mol. The number of carbonyl (C=O) groups is 2. The molecule has 0 radical (unpaired) electrons. The molecule has 0 fully saturated rings. The lowest BCUT2D eigenvalue weighted by Crippen LogP contribution is -2.14. The number of aryl methyl sites for hydroxylation is 1. The van der Waals surface area contributed by atoms with Crippen molar-refractivity contribution in [3.05, 3.63) is 34.0 Å². The Morgan fingerprint density at radius 2 is 2.14 bits per heavy atom. The van der Waals surface area contributed by atoms with Crippen molar-refractivity contribution in [3.63, 3.8) is 0 Å². The summed E-state index contributed by atoms with van der Waals surface area (Å²) in [6.45, 7) is 0. The van der Waals surface area contributed by atoms with Gasteiger partial charge in [-0.15, -0.1) is 11.3 Å². The number of hydrogen-bond donors (Lipinski definition) is 1. The first-order valence-corrected chi connectivity index (χ1v) is 7.97. The molecule has 0 saturated heterocycles. The Labute approximate surface area is 131 Å². The quantitative estimate of drug-likeness (QED) is 0.694. The Hall–Kier alpha value is -2.15. The van der Waals surface area contributed by atoms with Crippen molar-refractivity contribution >= 4 is 28.2 Å². The molecule has 0 aromatic carbocycles. The summed E-state index contributed by atoms with van der Waals surface area (Å²) in [4.78, 5) is 25.4. The minimum Gasteiger partial charge on any atom is -0.465 e. The first kappa shape index (κ1) is 14.8. The fraction of sp³-hybridized carbons (Fsp3) is 0.400. The average molecular weight is 320 g/mol. The highest BCUT2D eigenvalue weighted by Crippen LogP contribution is 2.38. The third-order valence-electron chi connectivity index (χ3n) is 3.70. The van der Waals surface area contributed by atoms with Gasteiger partial charge in [-0.1, -0.05) is 11.6 Å². The normalized spacial score (nSPS) is 14.0. The van der Waals surface area contributed by atoms with Crippen molar-refractivity contribution in [1.82, 2.24) is 5.16 Å². The molecule has 1 aliphatic rings. The fourth-order valence-electron chi connectivity index (χ4n) is 2.65. The van der Waals surface area contributed by atoms with Crippen LogP contribution in [0, 0.1) is 0 Å². The Bertz CT molecular complexity index is 691. The van der Waals surface area contributed by atoms with E-state index in [4.69, 9.17) is 9.26 Å². The number of esters is 1. The topological polar surface area (TPSA) is 81.4 Å². The van der Waals surface area contributed by atoms with E-state index in [9.17, 15) is 9.59 Å². The first-order valence-electron chi connectivity index (χ1n) is 7.15. The number of methoxy groups -OCH3 is 1. The minimum atomic E-state index is -0.418. The van der Waals surface area contributed by atoms with Gasteiger partial charge in [-0.2, -0.15) is 0 Å². The monoisotopic (exact) mass is 320 g/mol. The van der Waals surface area contributed by atoms with E-state index >= 15 is 0 Å². The molecule has 1 N–H and O–H groups in total. The molecule has 2 aromatic heterocycles. The van der Waals surface area contributed by atoms with E-state index in [0.29, 0.717) is 10.6 Å². The van der Waals surface area contributed by atoms with Gasteiger partial charge in [0.15, 0.2) is 0 Å². The van der Waals surface area contributed by atoms with E-state index in [-0.39, 0.29) is 5.76 Å². The molecule has 22 heavy (non-hydrogen) atoms. The van der Waals surface area contributed by atoms with Gasteiger partial charge in [0.1, 0.15) is 5.00 Å². The summed E-state index contributed by atoms with van der Waals surface area (Å²) in [5, 5.41) is 6.79. The maximum atomic E-state index is 12.1. The highest BCUT2D eigenvalue weighted by Gasteiger charge is 2.26. The second kappa shape index (κ2) is 6.31. The molecule has 2 aromatic rings. The Balaban J connectivity index is 1.96. The highest BCUT2D eigenvalue weighted by molar-refractivity contribution is 7.17. The first-order chi connectivity index (χ1) is 10.7. The SMILES string of the molecule is COC(=O)c1c(NC(=O)c2ccno2)sc2c1CCCCC2. The molecule has 116 valence electrons. The molecule has 2 heterocycles. The third kappa shape index (κ3) is 2.76. The van der Waals surface area contributed by atoms with Crippen molar-refractivity contribution < 1.29 is 18.8 Å². The average Bonchev–Trinajstić information content (AvgIpc) is 3.10. The zero-order valence-electron chi connectivity index (χ0n) is 12.2. The molecule has 1 amide bonds. The van der Waals surface area contributed by atoms with Gasteiger partial charge in [-0.3, -0.25) is 4.79 Å². The molecule has 0 bridgehead atoms. The lowest BCUT2D eigenvalue weighted by molar-refractivity contribution is 0.0601. The van der Waals surface area contributed by atoms with Gasteiger partial charge < -0.3 is 14.6 Å². The van der Waals surface area contributed by atoms with E-state index in [1.165, 1.54) is 30.7 Å². The lowest BCUT2D eigenvalue weighted by atomic mass is 10.1. The smallest absolute Gasteiger partial charge is 0.341 e. The van der Waals surface area contributed by atoms with Gasteiger partial charge in [0.2, 0.25) is 5.76 Å². The number of aromatic nitrogens is 1. The molecule has 0 aliphatic heterocycles. The van der Waals surface area contributed by atoms with Crippen LogP contribution in [0.25, 0.3) is 0 Å². The highest BCUT2D eigenvalue weighted by atomic mass is 32.1. The molecule has 0 spiro atoms. The molecule has 6 nitrogen and oxygen atoms in total. The van der Waals surface area contributed by atoms with Crippen molar-refractivity contribution in [2.45, 2.75) is 32.1 Å². The summed E-state index contributed by atoms with van der Waals surface area (Å²) in [6.07, 6.45) is 6.48. The number of amides is 1. The Kier molecular flexibility index (Phi) is 4.24. The molecule has 3 rings (SSSR count). The number of nitrogens with zero attached hydrogens (tertiary/aromatic N) is 1. The zero-order valence-corrected chi connectivity index (χ0v) is 13.0. The van der Waals surface area contributed by atoms with Crippen molar-refractivity contribution in [1.29, 1.82) is 0 Å². The predicted octanol–water partition coefficient (Wildman–Crippen LogP) is 3.04. The second-order valence-corrected chi connectivity index (χ2v) is 6.20. The largest absolute Gasteiger partial charge is 0.465 e. The van der Waals surface area contributed by atoms with Crippen LogP contribution in [0.5, 0.6) is 0 Å². The summed E-state index contributed by atoms with van der Waals surface area (Å²) in [7, 11) is 1.35. The fourth-order valence-corrected chi connectivity index (χ4v) is 3.92. The maximum Gasteiger partial charge on any atom is 0.341 e. The molecule has 7 heteroatoms. The van der Waals surface area contributed by atoms with Crippen LogP contribution in [0.1, 0.15) is 50.6 Å². The van der Waals surface area contributed by atoms with Crippen LogP contribution >= 0.6 is 11.3 Å². The summed E-state index contributed by atoms with van der Waals surface area (Å²) < 4.78 is 9.74. The van der Waals surface area contributed by atoms with Gasteiger partial charge in [0.05, 0.1) is 18.9 Å². The summed E-state index contributed by atoms with van der Waals surface area (Å²) >= 11 is 1.45. The lowest BCUT2D eigenvalue weighted by Gasteiger charge is -2.06. The van der Waals surface area contributed by atoms with Crippen LogP contribution in [0.4, 0.5) is 5.00 Å². The maximum absolute atomic E-state index is 12.1. The molecule has 0 atom stereocenters. The number of rotatable bonds is 3. The summed E-state index contributed by atoms with van der Waals surface area (Å²) in [5.74, 6) is -0.717. The standard InChI is InChI=1S/C15H16N2O4S/c1-20-15(19)12-9-5-3-2-4-6-11(9)22-14(12)17-13(18)10-7-8-16-21-10/h7-8H,2-6H2,1H3,(H,17,18). The molecule has 0 saturated carbocycles. The van der Waals surface area contributed by atoms with Crippen LogP contribution in [0.15, 0.2) is 16.8 Å². The van der Waals surface area contributed by atoms with Crippen LogP contribution in [0.3, 0.4) is 0 Å². The molecule has 1 aliphatic carbocycles. The van der Waals surface area contributed by atoms with Gasteiger partial charge in [0.25, 0.3) is 5.91 Å². The van der Waals surface area contributed by atoms with E-state index in [1.807, 2.05) is 0 Å². The van der Waals surface area contributed by atoms with E-state index < -0.39 is 11.9 Å². The molecule has 0 unspecified atom stereocenters. The van der Waals surface area contributed by atoms with Crippen molar-refractivity contribution in [2.75, 3.05) is 12.4 Å². The van der Waals surface area contributed by atoms with Crippen molar-refractivity contribution in [3.8, 4) is 0 Å². The van der Waals surface area contributed by atoms with Gasteiger partial charge >= 0.3 is 5.97 Å². The zero-order chi connectivity index (χ0) is 15.5. The van der Waals surface area contributed by atoms with Crippen LogP contribution in [0.2, 0.25) is 0 Å². The minimum absolute atomic E-state index is 0.111. The molecular formula is C15H16N2O4S. The summed E-state index contributed by atoms with van der Waals surface area (Å²) in [5.41, 5.74) is 1.50. The van der Waals surface area contributed by atoms with Gasteiger partial charge in [-0.05, 0) is 31.2 Å². The number of ether oxygens (including phenoxy) is 1. The number of carbonyl (C=O) groups excluding carboxylic acids is 2. The number of nitrogens with one attached hydrogen (secondary N) is 1. The second-order valence-electron chi connectivity index (χ2n) is 5.09. The number of fused-ring (bicyclic) bond motifs is 1. The number of thiophene rings is 1. The van der Waals surface area contributed by atoms with Crippen LogP contribution in [-0.2, 0) is 17.6 Å².